The Hall–Kier alpha value is -0.580. The third-order valence-electron chi connectivity index (χ3n) is 2.90. The van der Waals surface area contributed by atoms with E-state index in [-0.39, 0.29) is 5.91 Å². The van der Waals surface area contributed by atoms with Crippen molar-refractivity contribution in [2.24, 2.45) is 0 Å². The summed E-state index contributed by atoms with van der Waals surface area (Å²) in [4.78, 5) is 14.0. The number of nitrogens with zero attached hydrogens (tertiary/aromatic N) is 1. The van der Waals surface area contributed by atoms with Crippen LogP contribution in [0, 0.1) is 3.57 Å². The molecule has 0 aliphatic heterocycles. The lowest BCUT2D eigenvalue weighted by Crippen LogP contribution is -2.36. The van der Waals surface area contributed by atoms with Crippen molar-refractivity contribution in [1.82, 2.24) is 4.90 Å². The van der Waals surface area contributed by atoms with E-state index in [0.717, 1.165) is 22.0 Å². The molecular formula is C13H18INO. The molecule has 0 unspecified atom stereocenters. The number of halogens is 1. The summed E-state index contributed by atoms with van der Waals surface area (Å²) in [7, 11) is 1.89. The maximum Gasteiger partial charge on any atom is 0.253 e. The molecule has 0 aromatic heterocycles. The second-order valence-corrected chi connectivity index (χ2v) is 5.14. The second-order valence-electron chi connectivity index (χ2n) is 3.89. The summed E-state index contributed by atoms with van der Waals surface area (Å²) in [5.41, 5.74) is 0.773. The molecule has 0 bridgehead atoms. The zero-order valence-electron chi connectivity index (χ0n) is 10.0. The van der Waals surface area contributed by atoms with E-state index >= 15 is 0 Å². The molecule has 0 radical (unpaired) electrons. The lowest BCUT2D eigenvalue weighted by molar-refractivity contribution is 0.0723. The fourth-order valence-electron chi connectivity index (χ4n) is 1.80. The molecule has 0 N–H and O–H groups in total. The highest BCUT2D eigenvalue weighted by Crippen LogP contribution is 2.13. The number of carbonyl (C=O) groups is 1. The molecule has 0 atom stereocenters. The standard InChI is InChI=1S/C13H18INO/c1-4-12(5-2)15(3)13(16)10-6-8-11(14)9-7-10/h6-9,12H,4-5H2,1-3H3. The number of amides is 1. The average molecular weight is 331 g/mol. The Balaban J connectivity index is 2.81. The third-order valence-corrected chi connectivity index (χ3v) is 3.62. The molecule has 0 aliphatic carbocycles. The van der Waals surface area contributed by atoms with Crippen molar-refractivity contribution in [1.29, 1.82) is 0 Å². The zero-order chi connectivity index (χ0) is 12.1. The van der Waals surface area contributed by atoms with Gasteiger partial charge in [0, 0.05) is 22.2 Å². The molecule has 0 saturated heterocycles. The van der Waals surface area contributed by atoms with Crippen molar-refractivity contribution in [3.63, 3.8) is 0 Å². The topological polar surface area (TPSA) is 20.3 Å². The summed E-state index contributed by atoms with van der Waals surface area (Å²) in [6.45, 7) is 4.23. The van der Waals surface area contributed by atoms with Crippen molar-refractivity contribution in [3.8, 4) is 0 Å². The van der Waals surface area contributed by atoms with Crippen LogP contribution in [-0.2, 0) is 0 Å². The van der Waals surface area contributed by atoms with Crippen molar-refractivity contribution in [2.45, 2.75) is 32.7 Å². The van der Waals surface area contributed by atoms with Gasteiger partial charge < -0.3 is 4.90 Å². The van der Waals surface area contributed by atoms with Crippen LogP contribution >= 0.6 is 22.6 Å². The van der Waals surface area contributed by atoms with Crippen molar-refractivity contribution < 1.29 is 4.79 Å². The van der Waals surface area contributed by atoms with Gasteiger partial charge in [0.2, 0.25) is 0 Å². The molecule has 0 spiro atoms. The number of rotatable bonds is 4. The van der Waals surface area contributed by atoms with Crippen LogP contribution in [0.3, 0.4) is 0 Å². The Morgan fingerprint density at radius 3 is 2.19 bits per heavy atom. The molecule has 1 aromatic carbocycles. The minimum Gasteiger partial charge on any atom is -0.339 e. The maximum absolute atomic E-state index is 12.1. The van der Waals surface area contributed by atoms with Crippen LogP contribution in [0.2, 0.25) is 0 Å². The molecule has 3 heteroatoms. The van der Waals surface area contributed by atoms with Crippen LogP contribution in [0.1, 0.15) is 37.0 Å². The minimum atomic E-state index is 0.116. The number of hydrogen-bond donors (Lipinski definition) is 0. The van der Waals surface area contributed by atoms with Gasteiger partial charge in [-0.1, -0.05) is 13.8 Å². The molecule has 0 heterocycles. The van der Waals surface area contributed by atoms with Gasteiger partial charge in [-0.05, 0) is 59.7 Å². The van der Waals surface area contributed by atoms with Gasteiger partial charge in [-0.15, -0.1) is 0 Å². The van der Waals surface area contributed by atoms with Crippen LogP contribution in [0.25, 0.3) is 0 Å². The van der Waals surface area contributed by atoms with Gasteiger partial charge in [0.25, 0.3) is 5.91 Å². The van der Waals surface area contributed by atoms with Gasteiger partial charge in [0.15, 0.2) is 0 Å². The number of carbonyl (C=O) groups excluding carboxylic acids is 1. The fraction of sp³-hybridized carbons (Fsp3) is 0.462. The smallest absolute Gasteiger partial charge is 0.253 e. The third kappa shape index (κ3) is 3.20. The van der Waals surface area contributed by atoms with E-state index in [2.05, 4.69) is 36.4 Å². The first-order valence-corrected chi connectivity index (χ1v) is 6.70. The minimum absolute atomic E-state index is 0.116. The molecule has 0 saturated carbocycles. The molecule has 1 rings (SSSR count). The van der Waals surface area contributed by atoms with Gasteiger partial charge >= 0.3 is 0 Å². The summed E-state index contributed by atoms with van der Waals surface area (Å²) in [6.07, 6.45) is 2.01. The molecule has 1 aromatic rings. The summed E-state index contributed by atoms with van der Waals surface area (Å²) in [5, 5.41) is 0. The molecule has 88 valence electrons. The van der Waals surface area contributed by atoms with E-state index in [4.69, 9.17) is 0 Å². The van der Waals surface area contributed by atoms with E-state index in [1.165, 1.54) is 0 Å². The first-order valence-electron chi connectivity index (χ1n) is 5.62. The van der Waals surface area contributed by atoms with Crippen molar-refractivity contribution in [3.05, 3.63) is 33.4 Å². The highest BCUT2D eigenvalue weighted by Gasteiger charge is 2.17. The summed E-state index contributed by atoms with van der Waals surface area (Å²) >= 11 is 2.24. The van der Waals surface area contributed by atoms with E-state index in [1.54, 1.807) is 0 Å². The van der Waals surface area contributed by atoms with Crippen LogP contribution in [0.4, 0.5) is 0 Å². The highest BCUT2D eigenvalue weighted by atomic mass is 127. The highest BCUT2D eigenvalue weighted by molar-refractivity contribution is 14.1. The fourth-order valence-corrected chi connectivity index (χ4v) is 2.16. The summed E-state index contributed by atoms with van der Waals surface area (Å²) < 4.78 is 1.15. The van der Waals surface area contributed by atoms with Gasteiger partial charge in [-0.3, -0.25) is 4.79 Å². The van der Waals surface area contributed by atoms with Crippen molar-refractivity contribution in [2.75, 3.05) is 7.05 Å². The van der Waals surface area contributed by atoms with E-state index < -0.39 is 0 Å². The monoisotopic (exact) mass is 331 g/mol. The summed E-state index contributed by atoms with van der Waals surface area (Å²) in [5.74, 6) is 0.116. The zero-order valence-corrected chi connectivity index (χ0v) is 12.2. The van der Waals surface area contributed by atoms with E-state index in [9.17, 15) is 4.79 Å². The molecular weight excluding hydrogens is 313 g/mol. The van der Waals surface area contributed by atoms with Crippen molar-refractivity contribution >= 4 is 28.5 Å². The van der Waals surface area contributed by atoms with Gasteiger partial charge in [-0.2, -0.15) is 0 Å². The van der Waals surface area contributed by atoms with Crippen LogP contribution in [0.15, 0.2) is 24.3 Å². The molecule has 16 heavy (non-hydrogen) atoms. The molecule has 1 amide bonds. The van der Waals surface area contributed by atoms with E-state index in [1.807, 2.05) is 36.2 Å². The van der Waals surface area contributed by atoms with Gasteiger partial charge in [0.05, 0.1) is 0 Å². The predicted molar refractivity (Wildman–Crippen MR) is 75.6 cm³/mol. The Morgan fingerprint density at radius 2 is 1.75 bits per heavy atom. The van der Waals surface area contributed by atoms with Gasteiger partial charge in [-0.25, -0.2) is 0 Å². The van der Waals surface area contributed by atoms with Gasteiger partial charge in [0.1, 0.15) is 0 Å². The number of hydrogen-bond acceptors (Lipinski definition) is 1. The van der Waals surface area contributed by atoms with Crippen LogP contribution < -0.4 is 0 Å². The lowest BCUT2D eigenvalue weighted by atomic mass is 10.1. The van der Waals surface area contributed by atoms with Crippen LogP contribution in [-0.4, -0.2) is 23.9 Å². The second kappa shape index (κ2) is 6.23. The van der Waals surface area contributed by atoms with Crippen LogP contribution in [0.5, 0.6) is 0 Å². The largest absolute Gasteiger partial charge is 0.339 e. The first kappa shape index (κ1) is 13.5. The Morgan fingerprint density at radius 1 is 1.25 bits per heavy atom. The molecule has 2 nitrogen and oxygen atoms in total. The lowest BCUT2D eigenvalue weighted by Gasteiger charge is -2.26. The quantitative estimate of drug-likeness (QED) is 0.773. The van der Waals surface area contributed by atoms with E-state index in [0.29, 0.717) is 6.04 Å². The molecule has 0 aliphatic rings. The molecule has 0 fully saturated rings. The summed E-state index contributed by atoms with van der Waals surface area (Å²) in [6, 6.07) is 8.06. The number of benzene rings is 1. The Bertz CT molecular complexity index is 343. The predicted octanol–water partition coefficient (Wildman–Crippen LogP) is 3.55. The Kier molecular flexibility index (Phi) is 5.25. The maximum atomic E-state index is 12.1. The Labute approximate surface area is 111 Å². The SMILES string of the molecule is CCC(CC)N(C)C(=O)c1ccc(I)cc1. The normalized spacial score (nSPS) is 10.6. The first-order chi connectivity index (χ1) is 7.60. The average Bonchev–Trinajstić information content (AvgIpc) is 2.30.